The molecule has 4 nitrogen and oxygen atoms in total. The van der Waals surface area contributed by atoms with Gasteiger partial charge in [-0.25, -0.2) is 9.37 Å². The average Bonchev–Trinajstić information content (AvgIpc) is 2.84. The van der Waals surface area contributed by atoms with E-state index in [0.717, 1.165) is 5.56 Å². The molecule has 19 heavy (non-hydrogen) atoms. The SMILES string of the molecule is COCCn1cnc(-c2ccc(C(C)C)cc2F)n1. The van der Waals surface area contributed by atoms with Gasteiger partial charge in [-0.3, -0.25) is 4.68 Å². The predicted octanol–water partition coefficient (Wildman–Crippen LogP) is 2.85. The minimum Gasteiger partial charge on any atom is -0.383 e. The first-order valence-electron chi connectivity index (χ1n) is 6.30. The first kappa shape index (κ1) is 13.7. The summed E-state index contributed by atoms with van der Waals surface area (Å²) in [5, 5.41) is 4.24. The Kier molecular flexibility index (Phi) is 4.27. The molecular formula is C14H18FN3O. The lowest BCUT2D eigenvalue weighted by molar-refractivity contribution is 0.183. The Morgan fingerprint density at radius 1 is 1.37 bits per heavy atom. The molecule has 0 unspecified atom stereocenters. The van der Waals surface area contributed by atoms with E-state index in [1.807, 2.05) is 19.9 Å². The van der Waals surface area contributed by atoms with Crippen LogP contribution in [0.15, 0.2) is 24.5 Å². The summed E-state index contributed by atoms with van der Waals surface area (Å²) in [6.07, 6.45) is 1.59. The van der Waals surface area contributed by atoms with Gasteiger partial charge < -0.3 is 4.74 Å². The lowest BCUT2D eigenvalue weighted by Crippen LogP contribution is -2.04. The Hall–Kier alpha value is -1.75. The van der Waals surface area contributed by atoms with Crippen LogP contribution in [0, 0.1) is 5.82 Å². The number of benzene rings is 1. The molecule has 2 aromatic rings. The molecule has 1 heterocycles. The lowest BCUT2D eigenvalue weighted by atomic mass is 10.0. The maximum absolute atomic E-state index is 14.0. The number of halogens is 1. The standard InChI is InChI=1S/C14H18FN3O/c1-10(2)11-4-5-12(13(15)8-11)14-16-9-18(17-14)6-7-19-3/h4-5,8-10H,6-7H2,1-3H3. The van der Waals surface area contributed by atoms with Gasteiger partial charge in [-0.15, -0.1) is 0 Å². The van der Waals surface area contributed by atoms with Crippen LogP contribution < -0.4 is 0 Å². The third kappa shape index (κ3) is 3.17. The highest BCUT2D eigenvalue weighted by atomic mass is 19.1. The van der Waals surface area contributed by atoms with E-state index in [2.05, 4.69) is 10.1 Å². The van der Waals surface area contributed by atoms with E-state index < -0.39 is 0 Å². The van der Waals surface area contributed by atoms with Crippen LogP contribution in [0.4, 0.5) is 4.39 Å². The molecule has 0 aliphatic carbocycles. The molecular weight excluding hydrogens is 245 g/mol. The van der Waals surface area contributed by atoms with Crippen molar-refractivity contribution in [2.45, 2.75) is 26.3 Å². The van der Waals surface area contributed by atoms with Crippen molar-refractivity contribution in [2.24, 2.45) is 0 Å². The summed E-state index contributed by atoms with van der Waals surface area (Å²) >= 11 is 0. The van der Waals surface area contributed by atoms with Gasteiger partial charge in [-0.2, -0.15) is 5.10 Å². The molecule has 0 N–H and O–H groups in total. The number of hydrogen-bond donors (Lipinski definition) is 0. The molecule has 2 rings (SSSR count). The van der Waals surface area contributed by atoms with Crippen LogP contribution in [0.2, 0.25) is 0 Å². The van der Waals surface area contributed by atoms with Crippen molar-refractivity contribution < 1.29 is 9.13 Å². The number of nitrogens with zero attached hydrogens (tertiary/aromatic N) is 3. The Morgan fingerprint density at radius 3 is 2.79 bits per heavy atom. The quantitative estimate of drug-likeness (QED) is 0.832. The summed E-state index contributed by atoms with van der Waals surface area (Å²) in [6.45, 7) is 5.23. The van der Waals surface area contributed by atoms with Gasteiger partial charge in [0.25, 0.3) is 0 Å². The molecule has 0 fully saturated rings. The van der Waals surface area contributed by atoms with Gasteiger partial charge in [0, 0.05) is 7.11 Å². The zero-order valence-corrected chi connectivity index (χ0v) is 11.4. The second-order valence-corrected chi connectivity index (χ2v) is 4.72. The monoisotopic (exact) mass is 263 g/mol. The fourth-order valence-electron chi connectivity index (χ4n) is 1.78. The van der Waals surface area contributed by atoms with Crippen molar-refractivity contribution >= 4 is 0 Å². The van der Waals surface area contributed by atoms with Crippen molar-refractivity contribution in [3.8, 4) is 11.4 Å². The molecule has 0 bridgehead atoms. The molecule has 0 saturated heterocycles. The predicted molar refractivity (Wildman–Crippen MR) is 71.4 cm³/mol. The van der Waals surface area contributed by atoms with Crippen LogP contribution in [0.1, 0.15) is 25.3 Å². The number of aromatic nitrogens is 3. The van der Waals surface area contributed by atoms with E-state index in [-0.39, 0.29) is 5.82 Å². The zero-order valence-electron chi connectivity index (χ0n) is 11.4. The summed E-state index contributed by atoms with van der Waals surface area (Å²) < 4.78 is 20.7. The third-order valence-electron chi connectivity index (χ3n) is 2.96. The summed E-state index contributed by atoms with van der Waals surface area (Å²) in [5.74, 6) is 0.426. The second kappa shape index (κ2) is 5.93. The number of ether oxygens (including phenoxy) is 1. The molecule has 0 aliphatic rings. The topological polar surface area (TPSA) is 39.9 Å². The van der Waals surface area contributed by atoms with E-state index >= 15 is 0 Å². The van der Waals surface area contributed by atoms with Gasteiger partial charge in [0.05, 0.1) is 18.7 Å². The maximum Gasteiger partial charge on any atom is 0.184 e. The smallest absolute Gasteiger partial charge is 0.184 e. The van der Waals surface area contributed by atoms with Gasteiger partial charge in [-0.1, -0.05) is 19.9 Å². The lowest BCUT2D eigenvalue weighted by Gasteiger charge is -2.06. The first-order chi connectivity index (χ1) is 9.11. The van der Waals surface area contributed by atoms with Gasteiger partial charge in [0.1, 0.15) is 12.1 Å². The summed E-state index contributed by atoms with van der Waals surface area (Å²) in [7, 11) is 1.63. The van der Waals surface area contributed by atoms with Crippen molar-refractivity contribution in [1.29, 1.82) is 0 Å². The number of methoxy groups -OCH3 is 1. The van der Waals surface area contributed by atoms with E-state index in [1.54, 1.807) is 30.3 Å². The minimum atomic E-state index is -0.282. The first-order valence-corrected chi connectivity index (χ1v) is 6.30. The Bertz CT molecular complexity index is 551. The van der Waals surface area contributed by atoms with Crippen LogP contribution in [0.3, 0.4) is 0 Å². The van der Waals surface area contributed by atoms with Crippen LogP contribution in [-0.2, 0) is 11.3 Å². The Morgan fingerprint density at radius 2 is 2.16 bits per heavy atom. The molecule has 1 aromatic carbocycles. The summed E-state index contributed by atoms with van der Waals surface area (Å²) in [4.78, 5) is 4.13. The normalized spacial score (nSPS) is 11.2. The van der Waals surface area contributed by atoms with Crippen molar-refractivity contribution in [3.05, 3.63) is 35.9 Å². The van der Waals surface area contributed by atoms with Crippen LogP contribution in [0.5, 0.6) is 0 Å². The summed E-state index contributed by atoms with van der Waals surface area (Å²) in [6, 6.07) is 5.20. The minimum absolute atomic E-state index is 0.282. The molecule has 0 spiro atoms. The van der Waals surface area contributed by atoms with E-state index in [9.17, 15) is 4.39 Å². The highest BCUT2D eigenvalue weighted by Crippen LogP contribution is 2.23. The zero-order chi connectivity index (χ0) is 13.8. The molecule has 1 aromatic heterocycles. The fourth-order valence-corrected chi connectivity index (χ4v) is 1.78. The maximum atomic E-state index is 14.0. The molecule has 102 valence electrons. The van der Waals surface area contributed by atoms with E-state index in [0.29, 0.717) is 30.5 Å². The molecule has 0 radical (unpaired) electrons. The number of rotatable bonds is 5. The van der Waals surface area contributed by atoms with Crippen LogP contribution >= 0.6 is 0 Å². The molecule has 0 aliphatic heterocycles. The Labute approximate surface area is 112 Å². The summed E-state index contributed by atoms with van der Waals surface area (Å²) in [5.41, 5.74) is 1.40. The molecule has 0 saturated carbocycles. The Balaban J connectivity index is 2.24. The van der Waals surface area contributed by atoms with Crippen molar-refractivity contribution in [1.82, 2.24) is 14.8 Å². The van der Waals surface area contributed by atoms with Gasteiger partial charge in [0.15, 0.2) is 5.82 Å². The van der Waals surface area contributed by atoms with Gasteiger partial charge >= 0.3 is 0 Å². The van der Waals surface area contributed by atoms with Crippen molar-refractivity contribution in [2.75, 3.05) is 13.7 Å². The van der Waals surface area contributed by atoms with Crippen LogP contribution in [0.25, 0.3) is 11.4 Å². The van der Waals surface area contributed by atoms with Crippen LogP contribution in [-0.4, -0.2) is 28.5 Å². The van der Waals surface area contributed by atoms with Gasteiger partial charge in [-0.05, 0) is 23.6 Å². The average molecular weight is 263 g/mol. The van der Waals surface area contributed by atoms with E-state index in [4.69, 9.17) is 4.74 Å². The highest BCUT2D eigenvalue weighted by molar-refractivity contribution is 5.56. The van der Waals surface area contributed by atoms with Crippen molar-refractivity contribution in [3.63, 3.8) is 0 Å². The fraction of sp³-hybridized carbons (Fsp3) is 0.429. The molecule has 0 amide bonds. The van der Waals surface area contributed by atoms with E-state index in [1.165, 1.54) is 0 Å². The molecule has 5 heteroatoms. The second-order valence-electron chi connectivity index (χ2n) is 4.72. The van der Waals surface area contributed by atoms with Gasteiger partial charge in [0.2, 0.25) is 0 Å². The number of hydrogen-bond acceptors (Lipinski definition) is 3. The third-order valence-corrected chi connectivity index (χ3v) is 2.96. The molecule has 0 atom stereocenters. The highest BCUT2D eigenvalue weighted by Gasteiger charge is 2.11. The largest absolute Gasteiger partial charge is 0.383 e.